The normalized spacial score (nSPS) is 16.5. The summed E-state index contributed by atoms with van der Waals surface area (Å²) in [5.74, 6) is -0.780. The van der Waals surface area contributed by atoms with Gasteiger partial charge in [-0.05, 0) is 36.6 Å². The molecule has 3 rings (SSSR count). The molecule has 0 spiro atoms. The number of aromatic nitrogens is 1. The number of carbonyl (C=O) groups is 1. The molecule has 0 radical (unpaired) electrons. The average Bonchev–Trinajstić information content (AvgIpc) is 2.61. The van der Waals surface area contributed by atoms with Crippen LogP contribution in [-0.4, -0.2) is 30.6 Å². The summed E-state index contributed by atoms with van der Waals surface area (Å²) < 4.78 is 19.2. The zero-order chi connectivity index (χ0) is 17.0. The Morgan fingerprint density at radius 3 is 2.83 bits per heavy atom. The fourth-order valence-corrected chi connectivity index (χ4v) is 3.16. The van der Waals surface area contributed by atoms with Crippen LogP contribution in [0.2, 0.25) is 0 Å². The van der Waals surface area contributed by atoms with E-state index in [1.54, 1.807) is 24.4 Å². The second-order valence-electron chi connectivity index (χ2n) is 6.04. The van der Waals surface area contributed by atoms with Gasteiger partial charge in [-0.15, -0.1) is 0 Å². The molecule has 0 aliphatic carbocycles. The van der Waals surface area contributed by atoms with Crippen molar-refractivity contribution >= 4 is 11.6 Å². The Balaban J connectivity index is 1.87. The van der Waals surface area contributed by atoms with Gasteiger partial charge in [0.25, 0.3) is 5.91 Å². The molecule has 1 saturated heterocycles. The maximum atomic E-state index is 13.7. The fraction of sp³-hybridized carbons (Fsp3) is 0.333. The van der Waals surface area contributed by atoms with Gasteiger partial charge in [-0.25, -0.2) is 4.39 Å². The molecule has 3 N–H and O–H groups in total. The van der Waals surface area contributed by atoms with Gasteiger partial charge in [-0.3, -0.25) is 9.78 Å². The van der Waals surface area contributed by atoms with E-state index in [2.05, 4.69) is 10.3 Å². The zero-order valence-corrected chi connectivity index (χ0v) is 13.3. The summed E-state index contributed by atoms with van der Waals surface area (Å²) in [5, 5.41) is 3.30. The van der Waals surface area contributed by atoms with Crippen LogP contribution in [0.15, 0.2) is 42.7 Å². The first-order valence-electron chi connectivity index (χ1n) is 7.92. The van der Waals surface area contributed by atoms with E-state index in [9.17, 15) is 9.18 Å². The number of hydrogen-bond donors (Lipinski definition) is 2. The highest BCUT2D eigenvalue weighted by Gasteiger charge is 2.34. The molecule has 0 saturated carbocycles. The number of halogens is 1. The number of ether oxygens (including phenoxy) is 1. The molecule has 1 aromatic heterocycles. The van der Waals surface area contributed by atoms with Crippen LogP contribution in [0.25, 0.3) is 0 Å². The van der Waals surface area contributed by atoms with E-state index < -0.39 is 5.91 Å². The van der Waals surface area contributed by atoms with Crippen molar-refractivity contribution in [1.29, 1.82) is 0 Å². The van der Waals surface area contributed by atoms with Crippen LogP contribution in [0, 0.1) is 5.82 Å². The van der Waals surface area contributed by atoms with Crippen molar-refractivity contribution in [2.45, 2.75) is 18.3 Å². The Labute approximate surface area is 140 Å². The van der Waals surface area contributed by atoms with Crippen molar-refractivity contribution in [2.24, 2.45) is 5.73 Å². The van der Waals surface area contributed by atoms with E-state index in [1.165, 1.54) is 12.3 Å². The highest BCUT2D eigenvalue weighted by atomic mass is 19.1. The third-order valence-corrected chi connectivity index (χ3v) is 4.59. The smallest absolute Gasteiger partial charge is 0.252 e. The lowest BCUT2D eigenvalue weighted by atomic mass is 9.74. The van der Waals surface area contributed by atoms with Crippen molar-refractivity contribution in [3.05, 3.63) is 59.7 Å². The lowest BCUT2D eigenvalue weighted by Crippen LogP contribution is -2.40. The van der Waals surface area contributed by atoms with Crippen LogP contribution in [0.3, 0.4) is 0 Å². The molecule has 2 aromatic rings. The Morgan fingerprint density at radius 2 is 2.12 bits per heavy atom. The Kier molecular flexibility index (Phi) is 4.76. The highest BCUT2D eigenvalue weighted by Crippen LogP contribution is 2.35. The summed E-state index contributed by atoms with van der Waals surface area (Å²) in [7, 11) is 0. The summed E-state index contributed by atoms with van der Waals surface area (Å²) in [6.07, 6.45) is 4.61. The number of anilines is 1. The first-order valence-corrected chi connectivity index (χ1v) is 7.92. The second kappa shape index (κ2) is 6.97. The van der Waals surface area contributed by atoms with Gasteiger partial charge in [0.05, 0.1) is 11.3 Å². The summed E-state index contributed by atoms with van der Waals surface area (Å²) in [5.41, 5.74) is 7.07. The van der Waals surface area contributed by atoms with Crippen molar-refractivity contribution in [3.8, 4) is 0 Å². The van der Waals surface area contributed by atoms with Gasteiger partial charge in [0, 0.05) is 37.6 Å². The van der Waals surface area contributed by atoms with Gasteiger partial charge in [-0.1, -0.05) is 12.1 Å². The molecule has 2 heterocycles. The molecule has 126 valence electrons. The molecule has 0 unspecified atom stereocenters. The number of benzene rings is 1. The van der Waals surface area contributed by atoms with Crippen LogP contribution in [0.4, 0.5) is 10.1 Å². The summed E-state index contributed by atoms with van der Waals surface area (Å²) >= 11 is 0. The number of carbonyl (C=O) groups excluding carboxylic acids is 1. The van der Waals surface area contributed by atoms with Gasteiger partial charge < -0.3 is 15.8 Å². The predicted molar refractivity (Wildman–Crippen MR) is 89.4 cm³/mol. The molecule has 1 fully saturated rings. The first kappa shape index (κ1) is 16.4. The number of rotatable bonds is 5. The molecule has 1 aliphatic heterocycles. The summed E-state index contributed by atoms with van der Waals surface area (Å²) in [6.45, 7) is 1.80. The van der Waals surface area contributed by atoms with Gasteiger partial charge in [0.1, 0.15) is 5.82 Å². The Bertz CT molecular complexity index is 730. The third kappa shape index (κ3) is 3.38. The van der Waals surface area contributed by atoms with Crippen LogP contribution < -0.4 is 11.1 Å². The molecule has 24 heavy (non-hydrogen) atoms. The van der Waals surface area contributed by atoms with Crippen LogP contribution in [0.5, 0.6) is 0 Å². The lowest BCUT2D eigenvalue weighted by molar-refractivity contribution is 0.0543. The average molecular weight is 329 g/mol. The molecular weight excluding hydrogens is 309 g/mol. The minimum atomic E-state index is -0.530. The number of amides is 1. The van der Waals surface area contributed by atoms with Gasteiger partial charge in [-0.2, -0.15) is 0 Å². The van der Waals surface area contributed by atoms with Gasteiger partial charge in [0.15, 0.2) is 0 Å². The number of hydrogen-bond acceptors (Lipinski definition) is 4. The van der Waals surface area contributed by atoms with E-state index >= 15 is 0 Å². The van der Waals surface area contributed by atoms with Crippen LogP contribution in [-0.2, 0) is 10.2 Å². The van der Waals surface area contributed by atoms with Crippen LogP contribution >= 0.6 is 0 Å². The quantitative estimate of drug-likeness (QED) is 0.883. The second-order valence-corrected chi connectivity index (χ2v) is 6.04. The molecule has 0 atom stereocenters. The highest BCUT2D eigenvalue weighted by molar-refractivity contribution is 5.98. The number of primary amides is 1. The van der Waals surface area contributed by atoms with Crippen LogP contribution in [0.1, 0.15) is 28.8 Å². The SMILES string of the molecule is NC(=O)c1cnccc1NCC1(c2cccc(F)c2)CCOCC1. The third-order valence-electron chi connectivity index (χ3n) is 4.59. The van der Waals surface area contributed by atoms with Crippen molar-refractivity contribution in [1.82, 2.24) is 4.98 Å². The van der Waals surface area contributed by atoms with E-state index in [0.717, 1.165) is 18.4 Å². The Morgan fingerprint density at radius 1 is 1.33 bits per heavy atom. The van der Waals surface area contributed by atoms with Crippen molar-refractivity contribution in [3.63, 3.8) is 0 Å². The number of pyridine rings is 1. The van der Waals surface area contributed by atoms with E-state index in [1.807, 2.05) is 6.07 Å². The van der Waals surface area contributed by atoms with Gasteiger partial charge >= 0.3 is 0 Å². The number of nitrogens with zero attached hydrogens (tertiary/aromatic N) is 1. The maximum Gasteiger partial charge on any atom is 0.252 e. The number of nitrogens with two attached hydrogens (primary N) is 1. The van der Waals surface area contributed by atoms with Crippen molar-refractivity contribution < 1.29 is 13.9 Å². The summed E-state index contributed by atoms with van der Waals surface area (Å²) in [4.78, 5) is 15.5. The van der Waals surface area contributed by atoms with E-state index in [0.29, 0.717) is 31.0 Å². The molecule has 1 aliphatic rings. The monoisotopic (exact) mass is 329 g/mol. The maximum absolute atomic E-state index is 13.7. The molecular formula is C18H20FN3O2. The lowest BCUT2D eigenvalue weighted by Gasteiger charge is -2.38. The molecule has 5 nitrogen and oxygen atoms in total. The minimum Gasteiger partial charge on any atom is -0.383 e. The first-order chi connectivity index (χ1) is 11.6. The standard InChI is InChI=1S/C18H20FN3O2/c19-14-3-1-2-13(10-14)18(5-8-24-9-6-18)12-22-16-4-7-21-11-15(16)17(20)23/h1-4,7,10-11H,5-6,8-9,12H2,(H2,20,23)(H,21,22). The minimum absolute atomic E-state index is 0.250. The molecule has 0 bridgehead atoms. The molecule has 6 heteroatoms. The van der Waals surface area contributed by atoms with E-state index in [4.69, 9.17) is 10.5 Å². The molecule has 1 aromatic carbocycles. The molecule has 1 amide bonds. The summed E-state index contributed by atoms with van der Waals surface area (Å²) in [6, 6.07) is 8.41. The topological polar surface area (TPSA) is 77.2 Å². The Hall–Kier alpha value is -2.47. The number of nitrogens with one attached hydrogen (secondary N) is 1. The predicted octanol–water partition coefficient (Wildman–Crippen LogP) is 2.48. The zero-order valence-electron chi connectivity index (χ0n) is 13.3. The van der Waals surface area contributed by atoms with Crippen molar-refractivity contribution in [2.75, 3.05) is 25.1 Å². The van der Waals surface area contributed by atoms with E-state index in [-0.39, 0.29) is 11.2 Å². The largest absolute Gasteiger partial charge is 0.383 e. The van der Waals surface area contributed by atoms with Gasteiger partial charge in [0.2, 0.25) is 0 Å². The fourth-order valence-electron chi connectivity index (χ4n) is 3.16.